The van der Waals surface area contributed by atoms with Gasteiger partial charge in [-0.2, -0.15) is 0 Å². The third kappa shape index (κ3) is 3.76. The van der Waals surface area contributed by atoms with Gasteiger partial charge in [0, 0.05) is 22.6 Å². The number of piperidine rings is 1. The number of hydrogen-bond donors (Lipinski definition) is 2. The van der Waals surface area contributed by atoms with Gasteiger partial charge in [-0.15, -0.1) is 0 Å². The van der Waals surface area contributed by atoms with Crippen molar-refractivity contribution in [3.63, 3.8) is 0 Å². The fourth-order valence-corrected chi connectivity index (χ4v) is 4.03. The van der Waals surface area contributed by atoms with Crippen molar-refractivity contribution in [2.45, 2.75) is 18.8 Å². The Labute approximate surface area is 166 Å². The van der Waals surface area contributed by atoms with Crippen LogP contribution in [0, 0.1) is 0 Å². The summed E-state index contributed by atoms with van der Waals surface area (Å²) >= 11 is 0. The fourth-order valence-electron chi connectivity index (χ4n) is 4.03. The van der Waals surface area contributed by atoms with E-state index in [-0.39, 0.29) is 5.56 Å². The standard InChI is InChI=1S/C23H26BN3O/c1-15-20-8-5-18(24)13-21(20)22(23(28)26-15)14-25-19-6-3-16(4-7-19)17-9-11-27(2)12-10-17/h3-8,13-14,17,25H,1,9-12,24H2,2H3,(H,26,28)/b22-14-. The second-order valence-electron chi connectivity index (χ2n) is 7.88. The van der Waals surface area contributed by atoms with Crippen LogP contribution in [0.2, 0.25) is 0 Å². The van der Waals surface area contributed by atoms with Crippen molar-refractivity contribution in [2.75, 3.05) is 25.5 Å². The fraction of sp³-hybridized carbons (Fsp3) is 0.261. The van der Waals surface area contributed by atoms with E-state index in [0.29, 0.717) is 16.5 Å². The van der Waals surface area contributed by atoms with Gasteiger partial charge in [0.25, 0.3) is 5.56 Å². The molecule has 0 aliphatic carbocycles. The molecule has 5 heteroatoms. The molecule has 2 aromatic carbocycles. The molecule has 1 saturated heterocycles. The third-order valence-corrected chi connectivity index (χ3v) is 5.78. The van der Waals surface area contributed by atoms with Gasteiger partial charge in [-0.05, 0) is 62.0 Å². The van der Waals surface area contributed by atoms with Gasteiger partial charge in [-0.3, -0.25) is 4.79 Å². The molecular formula is C23H26BN3O. The summed E-state index contributed by atoms with van der Waals surface area (Å²) in [4.78, 5) is 17.7. The smallest absolute Gasteiger partial charge is 0.257 e. The van der Waals surface area contributed by atoms with Crippen molar-refractivity contribution in [3.05, 3.63) is 68.9 Å². The van der Waals surface area contributed by atoms with Crippen LogP contribution in [0.3, 0.4) is 0 Å². The molecule has 0 bridgehead atoms. The van der Waals surface area contributed by atoms with Crippen LogP contribution in [0.1, 0.15) is 24.3 Å². The van der Waals surface area contributed by atoms with Gasteiger partial charge in [0.2, 0.25) is 0 Å². The monoisotopic (exact) mass is 371 g/mol. The molecule has 0 spiro atoms. The van der Waals surface area contributed by atoms with Crippen LogP contribution >= 0.6 is 0 Å². The second kappa shape index (κ2) is 7.68. The van der Waals surface area contributed by atoms with Crippen LogP contribution in [0.5, 0.6) is 0 Å². The number of benzene rings is 2. The first kappa shape index (κ1) is 18.6. The zero-order valence-corrected chi connectivity index (χ0v) is 16.6. The topological polar surface area (TPSA) is 48.1 Å². The Morgan fingerprint density at radius 3 is 2.57 bits per heavy atom. The van der Waals surface area contributed by atoms with E-state index in [4.69, 9.17) is 0 Å². The SMILES string of the molecule is Bc1ccc2c(=C)[nH]c(=O)/c(=C\Nc3ccc(C4CCN(C)CC4)cc3)c2c1. The maximum Gasteiger partial charge on any atom is 0.257 e. The molecule has 28 heavy (non-hydrogen) atoms. The maximum atomic E-state index is 12.5. The van der Waals surface area contributed by atoms with Crippen LogP contribution in [0.15, 0.2) is 47.3 Å². The quantitative estimate of drug-likeness (QED) is 0.672. The first-order valence-corrected chi connectivity index (χ1v) is 9.88. The molecule has 0 radical (unpaired) electrons. The molecule has 0 unspecified atom stereocenters. The molecule has 3 aromatic rings. The summed E-state index contributed by atoms with van der Waals surface area (Å²) in [5.74, 6) is 0.647. The van der Waals surface area contributed by atoms with Crippen molar-refractivity contribution in [2.24, 2.45) is 0 Å². The van der Waals surface area contributed by atoms with Gasteiger partial charge in [0.15, 0.2) is 0 Å². The van der Waals surface area contributed by atoms with Crippen molar-refractivity contribution >= 4 is 42.5 Å². The Kier molecular flexibility index (Phi) is 5.10. The molecule has 0 amide bonds. The van der Waals surface area contributed by atoms with Gasteiger partial charge < -0.3 is 15.2 Å². The number of aromatic amines is 1. The normalized spacial score (nSPS) is 16.5. The number of hydrogen-bond acceptors (Lipinski definition) is 3. The largest absolute Gasteiger partial charge is 0.361 e. The number of pyridine rings is 1. The Balaban J connectivity index is 1.62. The third-order valence-electron chi connectivity index (χ3n) is 5.78. The molecule has 0 saturated carbocycles. The van der Waals surface area contributed by atoms with Crippen LogP contribution in [-0.4, -0.2) is 37.9 Å². The molecule has 1 aliphatic heterocycles. The molecule has 1 fully saturated rings. The van der Waals surface area contributed by atoms with Gasteiger partial charge in [-0.25, -0.2) is 0 Å². The van der Waals surface area contributed by atoms with E-state index in [2.05, 4.69) is 53.1 Å². The van der Waals surface area contributed by atoms with E-state index < -0.39 is 0 Å². The molecular weight excluding hydrogens is 345 g/mol. The van der Waals surface area contributed by atoms with Crippen LogP contribution in [0.25, 0.3) is 23.6 Å². The van der Waals surface area contributed by atoms with E-state index in [9.17, 15) is 4.79 Å². The molecule has 4 rings (SSSR count). The van der Waals surface area contributed by atoms with Crippen LogP contribution in [0.4, 0.5) is 5.69 Å². The summed E-state index contributed by atoms with van der Waals surface area (Å²) in [6.45, 7) is 6.29. The first-order chi connectivity index (χ1) is 13.5. The number of fused-ring (bicyclic) bond motifs is 1. The zero-order valence-electron chi connectivity index (χ0n) is 16.6. The summed E-state index contributed by atoms with van der Waals surface area (Å²) < 4.78 is 0. The number of nitrogens with one attached hydrogen (secondary N) is 2. The highest BCUT2D eigenvalue weighted by molar-refractivity contribution is 6.33. The predicted octanol–water partition coefficient (Wildman–Crippen LogP) is 0.856. The molecule has 2 heterocycles. The number of aromatic nitrogens is 1. The number of rotatable bonds is 3. The van der Waals surface area contributed by atoms with E-state index in [1.54, 1.807) is 6.20 Å². The van der Waals surface area contributed by atoms with E-state index in [1.165, 1.54) is 18.4 Å². The van der Waals surface area contributed by atoms with Crippen LogP contribution < -0.4 is 26.9 Å². The number of anilines is 1. The number of H-pyrrole nitrogens is 1. The maximum absolute atomic E-state index is 12.5. The number of likely N-dealkylation sites (tertiary alicyclic amines) is 1. The lowest BCUT2D eigenvalue weighted by Gasteiger charge is -2.29. The Morgan fingerprint density at radius 1 is 1.14 bits per heavy atom. The Bertz CT molecular complexity index is 1160. The average molecular weight is 371 g/mol. The van der Waals surface area contributed by atoms with Gasteiger partial charge in [-0.1, -0.05) is 42.4 Å². The minimum atomic E-state index is -0.126. The van der Waals surface area contributed by atoms with Crippen molar-refractivity contribution in [1.82, 2.24) is 9.88 Å². The molecule has 0 atom stereocenters. The van der Waals surface area contributed by atoms with Gasteiger partial charge in [0.05, 0.1) is 5.22 Å². The molecule has 1 aromatic heterocycles. The average Bonchev–Trinajstić information content (AvgIpc) is 2.68. The number of nitrogens with zero attached hydrogens (tertiary/aromatic N) is 1. The Hall–Kier alpha value is -2.79. The molecule has 2 N–H and O–H groups in total. The molecule has 142 valence electrons. The Morgan fingerprint density at radius 2 is 1.86 bits per heavy atom. The molecule has 4 nitrogen and oxygen atoms in total. The highest BCUT2D eigenvalue weighted by atomic mass is 16.1. The summed E-state index contributed by atoms with van der Waals surface area (Å²) in [6, 6.07) is 14.7. The lowest BCUT2D eigenvalue weighted by Crippen LogP contribution is -2.35. The van der Waals surface area contributed by atoms with Gasteiger partial charge in [0.1, 0.15) is 7.85 Å². The summed E-state index contributed by atoms with van der Waals surface area (Å²) in [6.07, 6.45) is 4.23. The highest BCUT2D eigenvalue weighted by Gasteiger charge is 2.17. The highest BCUT2D eigenvalue weighted by Crippen LogP contribution is 2.28. The first-order valence-electron chi connectivity index (χ1n) is 9.88. The van der Waals surface area contributed by atoms with E-state index >= 15 is 0 Å². The summed E-state index contributed by atoms with van der Waals surface area (Å²) in [5, 5.41) is 6.47. The van der Waals surface area contributed by atoms with Crippen LogP contribution in [-0.2, 0) is 0 Å². The minimum Gasteiger partial charge on any atom is -0.361 e. The summed E-state index contributed by atoms with van der Waals surface area (Å²) in [5.41, 5.74) is 3.38. The second-order valence-corrected chi connectivity index (χ2v) is 7.88. The predicted molar refractivity (Wildman–Crippen MR) is 122 cm³/mol. The molecule has 1 aliphatic rings. The van der Waals surface area contributed by atoms with Crippen molar-refractivity contribution in [1.29, 1.82) is 0 Å². The van der Waals surface area contributed by atoms with Crippen molar-refractivity contribution < 1.29 is 0 Å². The minimum absolute atomic E-state index is 0.126. The lowest BCUT2D eigenvalue weighted by atomic mass is 9.89. The lowest BCUT2D eigenvalue weighted by molar-refractivity contribution is 0.255. The van der Waals surface area contributed by atoms with E-state index in [0.717, 1.165) is 35.0 Å². The zero-order chi connectivity index (χ0) is 19.7. The summed E-state index contributed by atoms with van der Waals surface area (Å²) in [7, 11) is 4.22. The van der Waals surface area contributed by atoms with Gasteiger partial charge >= 0.3 is 0 Å². The van der Waals surface area contributed by atoms with E-state index in [1.807, 2.05) is 26.0 Å². The van der Waals surface area contributed by atoms with Crippen molar-refractivity contribution in [3.8, 4) is 0 Å².